The van der Waals surface area contributed by atoms with Crippen LogP contribution in [0.25, 0.3) is 0 Å². The van der Waals surface area contributed by atoms with E-state index in [2.05, 4.69) is 4.74 Å². The number of halogens is 4. The molecule has 0 aliphatic carbocycles. The number of carbonyl (C=O) groups is 2. The molecular weight excluding hydrogens is 273 g/mol. The van der Waals surface area contributed by atoms with Gasteiger partial charge in [-0.2, -0.15) is 13.2 Å². The van der Waals surface area contributed by atoms with Crippen molar-refractivity contribution in [3.05, 3.63) is 33.8 Å². The molecule has 0 fully saturated rings. The lowest BCUT2D eigenvalue weighted by Crippen LogP contribution is -2.15. The highest BCUT2D eigenvalue weighted by Gasteiger charge is 2.36. The molecule has 0 atom stereocenters. The summed E-state index contributed by atoms with van der Waals surface area (Å²) >= 11 is 5.67. The number of benzene rings is 1. The van der Waals surface area contributed by atoms with E-state index in [0.29, 0.717) is 6.07 Å². The third-order valence-corrected chi connectivity index (χ3v) is 2.60. The summed E-state index contributed by atoms with van der Waals surface area (Å²) < 4.78 is 42.4. The van der Waals surface area contributed by atoms with Crippen LogP contribution in [-0.4, -0.2) is 18.9 Å². The van der Waals surface area contributed by atoms with Gasteiger partial charge in [0.2, 0.25) is 0 Å². The van der Waals surface area contributed by atoms with Crippen molar-refractivity contribution in [2.24, 2.45) is 0 Å². The van der Waals surface area contributed by atoms with Crippen molar-refractivity contribution in [3.8, 4) is 0 Å². The topological polar surface area (TPSA) is 43.4 Å². The molecule has 1 aromatic carbocycles. The zero-order valence-corrected chi connectivity index (χ0v) is 10.1. The number of hydrogen-bond donors (Lipinski definition) is 0. The molecule has 0 heterocycles. The first kappa shape index (κ1) is 14.5. The second-order valence-corrected chi connectivity index (χ2v) is 3.77. The molecule has 0 saturated carbocycles. The molecule has 3 nitrogen and oxygen atoms in total. The van der Waals surface area contributed by atoms with Crippen LogP contribution in [0.4, 0.5) is 13.2 Å². The molecule has 0 aliphatic heterocycles. The van der Waals surface area contributed by atoms with E-state index in [0.717, 1.165) is 20.1 Å². The minimum Gasteiger partial charge on any atom is -0.465 e. The number of carbonyl (C=O) groups excluding carboxylic acids is 2. The van der Waals surface area contributed by atoms with Crippen molar-refractivity contribution in [1.82, 2.24) is 0 Å². The molecule has 7 heteroatoms. The van der Waals surface area contributed by atoms with Gasteiger partial charge in [-0.3, -0.25) is 4.79 Å². The summed E-state index contributed by atoms with van der Waals surface area (Å²) in [7, 11) is 1.06. The molecule has 98 valence electrons. The Morgan fingerprint density at radius 3 is 2.22 bits per heavy atom. The second-order valence-electron chi connectivity index (χ2n) is 3.40. The van der Waals surface area contributed by atoms with E-state index in [-0.39, 0.29) is 5.56 Å². The third kappa shape index (κ3) is 2.64. The predicted molar refractivity (Wildman–Crippen MR) is 57.8 cm³/mol. The maximum absolute atomic E-state index is 12.7. The van der Waals surface area contributed by atoms with Crippen LogP contribution in [0.1, 0.15) is 33.2 Å². The third-order valence-electron chi connectivity index (χ3n) is 2.20. The second kappa shape index (κ2) is 4.97. The Kier molecular flexibility index (Phi) is 4.01. The summed E-state index contributed by atoms with van der Waals surface area (Å²) in [5.41, 5.74) is -2.18. The van der Waals surface area contributed by atoms with E-state index in [9.17, 15) is 22.8 Å². The summed E-state index contributed by atoms with van der Waals surface area (Å²) in [6, 6.07) is 1.51. The minimum atomic E-state index is -4.72. The van der Waals surface area contributed by atoms with Crippen molar-refractivity contribution >= 4 is 23.4 Å². The number of hydrogen-bond acceptors (Lipinski definition) is 3. The normalized spacial score (nSPS) is 11.2. The van der Waals surface area contributed by atoms with Gasteiger partial charge in [0.1, 0.15) is 0 Å². The largest absolute Gasteiger partial charge is 0.465 e. The van der Waals surface area contributed by atoms with E-state index in [1.807, 2.05) is 0 Å². The number of methoxy groups -OCH3 is 1. The van der Waals surface area contributed by atoms with Crippen LogP contribution in [0.5, 0.6) is 0 Å². The maximum Gasteiger partial charge on any atom is 0.417 e. The number of rotatable bonds is 2. The Morgan fingerprint density at radius 2 is 1.83 bits per heavy atom. The van der Waals surface area contributed by atoms with Crippen molar-refractivity contribution in [3.63, 3.8) is 0 Å². The Bertz CT molecular complexity index is 509. The highest BCUT2D eigenvalue weighted by Crippen LogP contribution is 2.36. The molecule has 0 saturated heterocycles. The number of alkyl halides is 3. The highest BCUT2D eigenvalue weighted by molar-refractivity contribution is 6.37. The van der Waals surface area contributed by atoms with Crippen molar-refractivity contribution in [2.45, 2.75) is 13.1 Å². The first-order valence-corrected chi connectivity index (χ1v) is 5.07. The lowest BCUT2D eigenvalue weighted by molar-refractivity contribution is -0.137. The SMILES string of the molecule is COC(=O)c1ccc(C(F)(F)F)c(C(C)=O)c1Cl. The van der Waals surface area contributed by atoms with Gasteiger partial charge >= 0.3 is 12.1 Å². The molecule has 1 rings (SSSR count). The van der Waals surface area contributed by atoms with E-state index in [4.69, 9.17) is 11.6 Å². The van der Waals surface area contributed by atoms with E-state index in [1.165, 1.54) is 0 Å². The van der Waals surface area contributed by atoms with E-state index >= 15 is 0 Å². The maximum atomic E-state index is 12.7. The quantitative estimate of drug-likeness (QED) is 0.616. The first-order valence-electron chi connectivity index (χ1n) is 4.69. The summed E-state index contributed by atoms with van der Waals surface area (Å²) in [5, 5.41) is -0.552. The fourth-order valence-electron chi connectivity index (χ4n) is 1.42. The zero-order chi connectivity index (χ0) is 14.1. The number of ether oxygens (including phenoxy) is 1. The van der Waals surface area contributed by atoms with E-state index in [1.54, 1.807) is 0 Å². The van der Waals surface area contributed by atoms with Crippen LogP contribution in [0, 0.1) is 0 Å². The summed E-state index contributed by atoms with van der Waals surface area (Å²) in [5.74, 6) is -1.78. The van der Waals surface area contributed by atoms with Gasteiger partial charge in [-0.25, -0.2) is 4.79 Å². The van der Waals surface area contributed by atoms with Crippen LogP contribution in [0.3, 0.4) is 0 Å². The summed E-state index contributed by atoms with van der Waals surface area (Å²) in [4.78, 5) is 22.5. The molecule has 0 amide bonds. The molecule has 0 bridgehead atoms. The lowest BCUT2D eigenvalue weighted by Gasteiger charge is -2.14. The predicted octanol–water partition coefficient (Wildman–Crippen LogP) is 3.35. The molecule has 0 spiro atoms. The average Bonchev–Trinajstić information content (AvgIpc) is 2.25. The van der Waals surface area contributed by atoms with Crippen LogP contribution >= 0.6 is 11.6 Å². The smallest absolute Gasteiger partial charge is 0.417 e. The van der Waals surface area contributed by atoms with Gasteiger partial charge in [-0.1, -0.05) is 11.6 Å². The first-order chi connectivity index (χ1) is 8.20. The van der Waals surface area contributed by atoms with Crippen LogP contribution in [0.15, 0.2) is 12.1 Å². The molecule has 18 heavy (non-hydrogen) atoms. The van der Waals surface area contributed by atoms with Gasteiger partial charge in [0.05, 0.1) is 23.3 Å². The van der Waals surface area contributed by atoms with Gasteiger partial charge in [0.15, 0.2) is 5.78 Å². The Labute approximate surface area is 105 Å². The molecule has 0 unspecified atom stereocenters. The zero-order valence-electron chi connectivity index (χ0n) is 9.39. The fourth-order valence-corrected chi connectivity index (χ4v) is 1.80. The molecule has 0 aliphatic rings. The van der Waals surface area contributed by atoms with Gasteiger partial charge in [-0.05, 0) is 19.1 Å². The van der Waals surface area contributed by atoms with Gasteiger partial charge < -0.3 is 4.74 Å². The number of Topliss-reactive ketones (excluding diaryl/α,β-unsaturated/α-hetero) is 1. The fraction of sp³-hybridized carbons (Fsp3) is 0.273. The van der Waals surface area contributed by atoms with Gasteiger partial charge in [-0.15, -0.1) is 0 Å². The Hall–Kier alpha value is -1.56. The minimum absolute atomic E-state index is 0.280. The monoisotopic (exact) mass is 280 g/mol. The van der Waals surface area contributed by atoms with Gasteiger partial charge in [0.25, 0.3) is 0 Å². The van der Waals surface area contributed by atoms with Crippen LogP contribution in [0.2, 0.25) is 5.02 Å². The number of esters is 1. The highest BCUT2D eigenvalue weighted by atomic mass is 35.5. The molecule has 1 aromatic rings. The number of ketones is 1. The van der Waals surface area contributed by atoms with Crippen molar-refractivity contribution < 1.29 is 27.5 Å². The Balaban J connectivity index is 3.58. The average molecular weight is 281 g/mol. The summed E-state index contributed by atoms with van der Waals surface area (Å²) in [6.07, 6.45) is -4.72. The Morgan fingerprint density at radius 1 is 1.28 bits per heavy atom. The van der Waals surface area contributed by atoms with Crippen molar-refractivity contribution in [2.75, 3.05) is 7.11 Å². The molecule has 0 N–H and O–H groups in total. The molecule has 0 aromatic heterocycles. The molecule has 0 radical (unpaired) electrons. The van der Waals surface area contributed by atoms with Gasteiger partial charge in [0, 0.05) is 5.56 Å². The van der Waals surface area contributed by atoms with Crippen LogP contribution in [-0.2, 0) is 10.9 Å². The lowest BCUT2D eigenvalue weighted by atomic mass is 10.0. The standard InChI is InChI=1S/C11H8ClF3O3/c1-5(16)8-7(11(13,14)15)4-3-6(9(8)12)10(17)18-2/h3-4H,1-2H3. The van der Waals surface area contributed by atoms with Crippen LogP contribution < -0.4 is 0 Å². The summed E-state index contributed by atoms with van der Waals surface area (Å²) in [6.45, 7) is 0.942. The molecular formula is C11H8ClF3O3. The van der Waals surface area contributed by atoms with E-state index < -0.39 is 34.1 Å². The van der Waals surface area contributed by atoms with Crippen molar-refractivity contribution in [1.29, 1.82) is 0 Å².